The molecular weight excluding hydrogens is 186 g/mol. The Bertz CT molecular complexity index is 264. The Morgan fingerprint density at radius 1 is 1.38 bits per heavy atom. The lowest BCUT2D eigenvalue weighted by Crippen LogP contribution is -2.14. The van der Waals surface area contributed by atoms with Gasteiger partial charge in [-0.05, 0) is 12.1 Å². The molecule has 0 aliphatic rings. The summed E-state index contributed by atoms with van der Waals surface area (Å²) in [4.78, 5) is 11.0. The summed E-state index contributed by atoms with van der Waals surface area (Å²) in [5, 5.41) is 2.58. The van der Waals surface area contributed by atoms with Crippen molar-refractivity contribution in [1.82, 2.24) is 0 Å². The van der Waals surface area contributed by atoms with E-state index in [0.717, 1.165) is 5.69 Å². The lowest BCUT2D eigenvalue weighted by molar-refractivity contribution is 0.169. The number of hydrogen-bond donors (Lipinski definition) is 2. The smallest absolute Gasteiger partial charge is 0.411 e. The molecule has 0 fully saturated rings. The molecule has 1 N–H and O–H groups in total. The Morgan fingerprint density at radius 3 is 2.69 bits per heavy atom. The zero-order valence-electron chi connectivity index (χ0n) is 7.06. The fourth-order valence-electron chi connectivity index (χ4n) is 0.814. The van der Waals surface area contributed by atoms with Crippen LogP contribution in [0.3, 0.4) is 0 Å². The fourth-order valence-corrected chi connectivity index (χ4v) is 0.905. The minimum absolute atomic E-state index is 0.321. The second kappa shape index (κ2) is 5.48. The van der Waals surface area contributed by atoms with Crippen LogP contribution >= 0.6 is 12.6 Å². The highest BCUT2D eigenvalue weighted by Crippen LogP contribution is 2.04. The molecule has 0 atom stereocenters. The number of carbonyl (C=O) groups excluding carboxylic acids is 1. The van der Waals surface area contributed by atoms with Crippen molar-refractivity contribution in [2.45, 2.75) is 0 Å². The van der Waals surface area contributed by atoms with Crippen LogP contribution in [0.2, 0.25) is 0 Å². The largest absolute Gasteiger partial charge is 0.448 e. The van der Waals surface area contributed by atoms with E-state index in [1.54, 1.807) is 12.1 Å². The van der Waals surface area contributed by atoms with E-state index in [9.17, 15) is 4.79 Å². The van der Waals surface area contributed by atoms with E-state index in [-0.39, 0.29) is 0 Å². The van der Waals surface area contributed by atoms with Crippen molar-refractivity contribution in [2.75, 3.05) is 17.7 Å². The molecule has 0 aromatic heterocycles. The molecular formula is C9H11NO2S. The first-order valence-electron chi connectivity index (χ1n) is 3.92. The number of nitrogens with one attached hydrogen (secondary N) is 1. The van der Waals surface area contributed by atoms with E-state index < -0.39 is 6.09 Å². The lowest BCUT2D eigenvalue weighted by Gasteiger charge is -2.04. The molecule has 0 spiro atoms. The molecule has 0 aliphatic carbocycles. The van der Waals surface area contributed by atoms with Crippen molar-refractivity contribution in [3.63, 3.8) is 0 Å². The van der Waals surface area contributed by atoms with Gasteiger partial charge in [-0.3, -0.25) is 5.32 Å². The zero-order chi connectivity index (χ0) is 9.52. The van der Waals surface area contributed by atoms with Crippen molar-refractivity contribution in [1.29, 1.82) is 0 Å². The quantitative estimate of drug-likeness (QED) is 0.729. The normalized spacial score (nSPS) is 9.31. The number of rotatable bonds is 3. The Morgan fingerprint density at radius 2 is 2.08 bits per heavy atom. The molecule has 3 nitrogen and oxygen atoms in total. The molecule has 1 aromatic rings. The molecule has 0 radical (unpaired) electrons. The van der Waals surface area contributed by atoms with Gasteiger partial charge in [-0.15, -0.1) is 0 Å². The van der Waals surface area contributed by atoms with E-state index in [1.165, 1.54) is 0 Å². The topological polar surface area (TPSA) is 38.3 Å². The van der Waals surface area contributed by atoms with Gasteiger partial charge in [-0.2, -0.15) is 12.6 Å². The van der Waals surface area contributed by atoms with E-state index in [0.29, 0.717) is 12.4 Å². The van der Waals surface area contributed by atoms with E-state index >= 15 is 0 Å². The molecule has 0 saturated heterocycles. The maximum absolute atomic E-state index is 11.0. The van der Waals surface area contributed by atoms with Gasteiger partial charge in [-0.25, -0.2) is 4.79 Å². The first kappa shape index (κ1) is 9.92. The number of ether oxygens (including phenoxy) is 1. The maximum atomic E-state index is 11.0. The standard InChI is InChI=1S/C9H11NO2S/c11-9(12-6-7-13)10-8-4-2-1-3-5-8/h1-5,13H,6-7H2,(H,10,11). The predicted octanol–water partition coefficient (Wildman–Crippen LogP) is 2.16. The number of carbonyl (C=O) groups is 1. The molecule has 0 saturated carbocycles. The van der Waals surface area contributed by atoms with Crippen molar-refractivity contribution in [3.8, 4) is 0 Å². The third-order valence-electron chi connectivity index (χ3n) is 1.34. The molecule has 1 amide bonds. The van der Waals surface area contributed by atoms with Crippen LogP contribution in [0.25, 0.3) is 0 Å². The summed E-state index contributed by atoms with van der Waals surface area (Å²) in [6, 6.07) is 9.15. The summed E-state index contributed by atoms with van der Waals surface area (Å²) in [5.41, 5.74) is 0.728. The van der Waals surface area contributed by atoms with Gasteiger partial charge in [0, 0.05) is 11.4 Å². The Labute approximate surface area is 82.5 Å². The number of hydrogen-bond acceptors (Lipinski definition) is 3. The average Bonchev–Trinajstić information content (AvgIpc) is 2.16. The Hall–Kier alpha value is -1.16. The summed E-state index contributed by atoms with van der Waals surface area (Å²) in [6.07, 6.45) is -0.444. The second-order valence-corrected chi connectivity index (χ2v) is 2.80. The van der Waals surface area contributed by atoms with Crippen molar-refractivity contribution < 1.29 is 9.53 Å². The summed E-state index contributed by atoms with van der Waals surface area (Å²) in [6.45, 7) is 0.321. The van der Waals surface area contributed by atoms with Gasteiger partial charge in [0.25, 0.3) is 0 Å². The van der Waals surface area contributed by atoms with Crippen molar-refractivity contribution in [2.24, 2.45) is 0 Å². The van der Waals surface area contributed by atoms with E-state index in [2.05, 4.69) is 17.9 Å². The van der Waals surface area contributed by atoms with Crippen LogP contribution in [0.15, 0.2) is 30.3 Å². The van der Waals surface area contributed by atoms with Gasteiger partial charge in [0.15, 0.2) is 0 Å². The molecule has 0 aliphatic heterocycles. The predicted molar refractivity (Wildman–Crippen MR) is 55.3 cm³/mol. The first-order valence-corrected chi connectivity index (χ1v) is 4.56. The molecule has 0 bridgehead atoms. The molecule has 1 rings (SSSR count). The molecule has 70 valence electrons. The number of anilines is 1. The minimum Gasteiger partial charge on any atom is -0.448 e. The SMILES string of the molecule is O=C(Nc1ccccc1)OCCS. The molecule has 1 aromatic carbocycles. The van der Waals surface area contributed by atoms with Crippen molar-refractivity contribution in [3.05, 3.63) is 30.3 Å². The molecule has 13 heavy (non-hydrogen) atoms. The van der Waals surface area contributed by atoms with Gasteiger partial charge in [0.2, 0.25) is 0 Å². The lowest BCUT2D eigenvalue weighted by atomic mass is 10.3. The highest BCUT2D eigenvalue weighted by molar-refractivity contribution is 7.80. The third-order valence-corrected chi connectivity index (χ3v) is 1.53. The summed E-state index contributed by atoms with van der Waals surface area (Å²) < 4.78 is 4.77. The summed E-state index contributed by atoms with van der Waals surface area (Å²) in [5.74, 6) is 0.530. The molecule has 4 heteroatoms. The molecule has 0 unspecified atom stereocenters. The van der Waals surface area contributed by atoms with Gasteiger partial charge in [-0.1, -0.05) is 18.2 Å². The summed E-state index contributed by atoms with van der Waals surface area (Å²) >= 11 is 3.92. The fraction of sp³-hybridized carbons (Fsp3) is 0.222. The average molecular weight is 197 g/mol. The highest BCUT2D eigenvalue weighted by Gasteiger charge is 2.00. The van der Waals surface area contributed by atoms with E-state index in [1.807, 2.05) is 18.2 Å². The monoisotopic (exact) mass is 197 g/mol. The number of benzene rings is 1. The van der Waals surface area contributed by atoms with Crippen LogP contribution in [0.5, 0.6) is 0 Å². The van der Waals surface area contributed by atoms with Crippen LogP contribution in [-0.4, -0.2) is 18.5 Å². The van der Waals surface area contributed by atoms with Crippen LogP contribution < -0.4 is 5.32 Å². The first-order chi connectivity index (χ1) is 6.33. The van der Waals surface area contributed by atoms with Crippen LogP contribution in [0.1, 0.15) is 0 Å². The highest BCUT2D eigenvalue weighted by atomic mass is 32.1. The number of amides is 1. The zero-order valence-corrected chi connectivity index (χ0v) is 7.96. The number of thiol groups is 1. The minimum atomic E-state index is -0.444. The van der Waals surface area contributed by atoms with Gasteiger partial charge >= 0.3 is 6.09 Å². The van der Waals surface area contributed by atoms with Crippen molar-refractivity contribution >= 4 is 24.4 Å². The van der Waals surface area contributed by atoms with E-state index in [4.69, 9.17) is 4.74 Å². The Balaban J connectivity index is 2.37. The van der Waals surface area contributed by atoms with Crippen LogP contribution in [-0.2, 0) is 4.74 Å². The third kappa shape index (κ3) is 3.85. The number of para-hydroxylation sites is 1. The van der Waals surface area contributed by atoms with Gasteiger partial charge in [0.1, 0.15) is 6.61 Å². The Kier molecular flexibility index (Phi) is 4.18. The molecule has 0 heterocycles. The van der Waals surface area contributed by atoms with Crippen LogP contribution in [0, 0.1) is 0 Å². The van der Waals surface area contributed by atoms with Gasteiger partial charge < -0.3 is 4.74 Å². The maximum Gasteiger partial charge on any atom is 0.411 e. The van der Waals surface area contributed by atoms with Crippen LogP contribution in [0.4, 0.5) is 10.5 Å². The van der Waals surface area contributed by atoms with Gasteiger partial charge in [0.05, 0.1) is 0 Å². The second-order valence-electron chi connectivity index (χ2n) is 2.35. The summed E-state index contributed by atoms with van der Waals surface area (Å²) in [7, 11) is 0.